The van der Waals surface area contributed by atoms with Crippen LogP contribution in [0.5, 0.6) is 0 Å². The molecule has 0 unspecified atom stereocenters. The average molecular weight is 322 g/mol. The molecule has 0 aromatic heterocycles. The van der Waals surface area contributed by atoms with E-state index < -0.39 is 0 Å². The third-order valence-corrected chi connectivity index (χ3v) is 4.42. The zero-order chi connectivity index (χ0) is 16.4. The standard InChI is InChI=1S/C19H18N2OS/c1-3-14-9-11-15(12-10-14)13-17-18(22)21(19(23)20(17)2)16-7-5-4-6-8-16/h4-13H,3H2,1-2H3/b17-13-. The van der Waals surface area contributed by atoms with Gasteiger partial charge in [0.25, 0.3) is 5.91 Å². The number of amides is 1. The summed E-state index contributed by atoms with van der Waals surface area (Å²) < 4.78 is 0. The molecule has 1 heterocycles. The number of nitrogens with zero attached hydrogens (tertiary/aromatic N) is 2. The fraction of sp³-hybridized carbons (Fsp3) is 0.158. The first kappa shape index (κ1) is 15.4. The lowest BCUT2D eigenvalue weighted by molar-refractivity contribution is -0.114. The SMILES string of the molecule is CCc1ccc(/C=C2/C(=O)N(c3ccccc3)C(=S)N2C)cc1. The normalized spacial score (nSPS) is 16.5. The van der Waals surface area contributed by atoms with Crippen LogP contribution in [0.25, 0.3) is 6.08 Å². The molecular weight excluding hydrogens is 304 g/mol. The monoisotopic (exact) mass is 322 g/mol. The summed E-state index contributed by atoms with van der Waals surface area (Å²) in [7, 11) is 1.83. The van der Waals surface area contributed by atoms with E-state index in [9.17, 15) is 4.79 Å². The summed E-state index contributed by atoms with van der Waals surface area (Å²) in [6, 6.07) is 17.7. The van der Waals surface area contributed by atoms with Gasteiger partial charge in [-0.25, -0.2) is 0 Å². The summed E-state index contributed by atoms with van der Waals surface area (Å²) >= 11 is 5.45. The third-order valence-electron chi connectivity index (χ3n) is 3.97. The van der Waals surface area contributed by atoms with Gasteiger partial charge in [0.2, 0.25) is 0 Å². The number of rotatable bonds is 3. The van der Waals surface area contributed by atoms with Crippen molar-refractivity contribution in [2.45, 2.75) is 13.3 Å². The number of para-hydroxylation sites is 1. The van der Waals surface area contributed by atoms with Crippen LogP contribution in [0, 0.1) is 0 Å². The van der Waals surface area contributed by atoms with E-state index in [1.165, 1.54) is 5.56 Å². The number of hydrogen-bond acceptors (Lipinski definition) is 2. The molecule has 0 spiro atoms. The molecule has 1 aliphatic rings. The molecule has 0 N–H and O–H groups in total. The van der Waals surface area contributed by atoms with Crippen LogP contribution >= 0.6 is 12.2 Å². The van der Waals surface area contributed by atoms with Gasteiger partial charge in [-0.3, -0.25) is 9.69 Å². The molecule has 3 rings (SSSR count). The Morgan fingerprint density at radius 2 is 1.70 bits per heavy atom. The number of carbonyl (C=O) groups excluding carboxylic acids is 1. The lowest BCUT2D eigenvalue weighted by Gasteiger charge is -2.16. The van der Waals surface area contributed by atoms with Gasteiger partial charge in [0.1, 0.15) is 5.70 Å². The zero-order valence-corrected chi connectivity index (χ0v) is 14.0. The second kappa shape index (κ2) is 6.34. The molecule has 1 saturated heterocycles. The van der Waals surface area contributed by atoms with Crippen molar-refractivity contribution in [2.24, 2.45) is 0 Å². The molecule has 1 fully saturated rings. The van der Waals surface area contributed by atoms with Crippen LogP contribution in [-0.4, -0.2) is 23.0 Å². The summed E-state index contributed by atoms with van der Waals surface area (Å²) in [4.78, 5) is 16.1. The van der Waals surface area contributed by atoms with Gasteiger partial charge in [-0.05, 0) is 48.0 Å². The van der Waals surface area contributed by atoms with E-state index in [1.807, 2.05) is 55.6 Å². The van der Waals surface area contributed by atoms with E-state index in [2.05, 4.69) is 19.1 Å². The van der Waals surface area contributed by atoms with Gasteiger partial charge in [-0.15, -0.1) is 0 Å². The second-order valence-corrected chi connectivity index (χ2v) is 5.81. The minimum absolute atomic E-state index is 0.0942. The molecule has 116 valence electrons. The maximum atomic E-state index is 12.8. The van der Waals surface area contributed by atoms with Crippen LogP contribution in [0.15, 0.2) is 60.3 Å². The van der Waals surface area contributed by atoms with Crippen molar-refractivity contribution in [3.05, 3.63) is 71.4 Å². The Balaban J connectivity index is 1.95. The van der Waals surface area contributed by atoms with Crippen LogP contribution in [-0.2, 0) is 11.2 Å². The first-order chi connectivity index (χ1) is 11.1. The van der Waals surface area contributed by atoms with Crippen LogP contribution in [0.2, 0.25) is 0 Å². The highest BCUT2D eigenvalue weighted by molar-refractivity contribution is 7.80. The highest BCUT2D eigenvalue weighted by Crippen LogP contribution is 2.27. The van der Waals surface area contributed by atoms with Gasteiger partial charge < -0.3 is 4.90 Å². The number of aryl methyl sites for hydroxylation is 1. The van der Waals surface area contributed by atoms with Gasteiger partial charge in [0.05, 0.1) is 5.69 Å². The van der Waals surface area contributed by atoms with Crippen molar-refractivity contribution in [1.29, 1.82) is 0 Å². The smallest absolute Gasteiger partial charge is 0.281 e. The lowest BCUT2D eigenvalue weighted by atomic mass is 10.1. The average Bonchev–Trinajstić information content (AvgIpc) is 2.80. The molecular formula is C19H18N2OS. The van der Waals surface area contributed by atoms with Crippen molar-refractivity contribution >= 4 is 35.0 Å². The molecule has 1 amide bonds. The maximum absolute atomic E-state index is 12.8. The van der Waals surface area contributed by atoms with E-state index in [1.54, 1.807) is 9.80 Å². The minimum Gasteiger partial charge on any atom is -0.317 e. The van der Waals surface area contributed by atoms with Crippen LogP contribution in [0.1, 0.15) is 18.1 Å². The topological polar surface area (TPSA) is 23.6 Å². The molecule has 0 bridgehead atoms. The van der Waals surface area contributed by atoms with E-state index >= 15 is 0 Å². The minimum atomic E-state index is -0.0942. The van der Waals surface area contributed by atoms with Crippen molar-refractivity contribution in [1.82, 2.24) is 4.90 Å². The number of anilines is 1. The van der Waals surface area contributed by atoms with E-state index in [-0.39, 0.29) is 5.91 Å². The van der Waals surface area contributed by atoms with Gasteiger partial charge in [-0.1, -0.05) is 49.4 Å². The molecule has 0 atom stereocenters. The summed E-state index contributed by atoms with van der Waals surface area (Å²) in [6.07, 6.45) is 2.89. The first-order valence-corrected chi connectivity index (χ1v) is 8.00. The van der Waals surface area contributed by atoms with Crippen molar-refractivity contribution in [2.75, 3.05) is 11.9 Å². The third kappa shape index (κ3) is 2.90. The number of hydrogen-bond donors (Lipinski definition) is 0. The maximum Gasteiger partial charge on any atom is 0.281 e. The second-order valence-electron chi connectivity index (χ2n) is 5.44. The van der Waals surface area contributed by atoms with E-state index in [0.29, 0.717) is 10.8 Å². The summed E-state index contributed by atoms with van der Waals surface area (Å²) in [5, 5.41) is 0.498. The molecule has 0 aliphatic carbocycles. The van der Waals surface area contributed by atoms with E-state index in [4.69, 9.17) is 12.2 Å². The Kier molecular flexibility index (Phi) is 4.26. The Labute approximate surface area is 141 Å². The molecule has 3 nitrogen and oxygen atoms in total. The van der Waals surface area contributed by atoms with Gasteiger partial charge >= 0.3 is 0 Å². The zero-order valence-electron chi connectivity index (χ0n) is 13.2. The largest absolute Gasteiger partial charge is 0.317 e. The lowest BCUT2D eigenvalue weighted by Crippen LogP contribution is -2.30. The fourth-order valence-corrected chi connectivity index (χ4v) is 2.86. The predicted octanol–water partition coefficient (Wildman–Crippen LogP) is 3.85. The quantitative estimate of drug-likeness (QED) is 0.633. The van der Waals surface area contributed by atoms with Crippen molar-refractivity contribution < 1.29 is 4.79 Å². The number of thiocarbonyl (C=S) groups is 1. The van der Waals surface area contributed by atoms with Crippen molar-refractivity contribution in [3.8, 4) is 0 Å². The van der Waals surface area contributed by atoms with Crippen LogP contribution in [0.4, 0.5) is 5.69 Å². The van der Waals surface area contributed by atoms with E-state index in [0.717, 1.165) is 17.7 Å². The Bertz CT molecular complexity index is 766. The molecule has 23 heavy (non-hydrogen) atoms. The number of carbonyl (C=O) groups is 1. The first-order valence-electron chi connectivity index (χ1n) is 7.59. The van der Waals surface area contributed by atoms with Gasteiger partial charge in [0.15, 0.2) is 5.11 Å². The molecule has 2 aromatic carbocycles. The summed E-state index contributed by atoms with van der Waals surface area (Å²) in [5.41, 5.74) is 3.65. The van der Waals surface area contributed by atoms with Gasteiger partial charge in [-0.2, -0.15) is 0 Å². The number of benzene rings is 2. The van der Waals surface area contributed by atoms with Crippen molar-refractivity contribution in [3.63, 3.8) is 0 Å². The molecule has 4 heteroatoms. The molecule has 1 aliphatic heterocycles. The summed E-state index contributed by atoms with van der Waals surface area (Å²) in [5.74, 6) is -0.0942. The number of likely N-dealkylation sites (N-methyl/N-ethyl adjacent to an activating group) is 1. The Morgan fingerprint density at radius 1 is 1.04 bits per heavy atom. The summed E-state index contributed by atoms with van der Waals surface area (Å²) in [6.45, 7) is 2.12. The Morgan fingerprint density at radius 3 is 2.30 bits per heavy atom. The fourth-order valence-electron chi connectivity index (χ4n) is 2.57. The molecule has 2 aromatic rings. The Hall–Kier alpha value is -2.46. The molecule has 0 radical (unpaired) electrons. The predicted molar refractivity (Wildman–Crippen MR) is 98.1 cm³/mol. The highest BCUT2D eigenvalue weighted by Gasteiger charge is 2.36. The highest BCUT2D eigenvalue weighted by atomic mass is 32.1. The van der Waals surface area contributed by atoms with Crippen LogP contribution in [0.3, 0.4) is 0 Å². The van der Waals surface area contributed by atoms with Crippen LogP contribution < -0.4 is 4.90 Å². The molecule has 0 saturated carbocycles. The van der Waals surface area contributed by atoms with Gasteiger partial charge in [0, 0.05) is 7.05 Å².